The molecule has 0 bridgehead atoms. The van der Waals surface area contributed by atoms with E-state index in [0.29, 0.717) is 6.42 Å². The number of nitrogens with one attached hydrogen (secondary N) is 1. The Labute approximate surface area is 102 Å². The third-order valence-corrected chi connectivity index (χ3v) is 2.27. The van der Waals surface area contributed by atoms with Gasteiger partial charge in [0.15, 0.2) is 0 Å². The number of benzene rings is 1. The fourth-order valence-corrected chi connectivity index (χ4v) is 1.54. The van der Waals surface area contributed by atoms with Crippen molar-refractivity contribution in [1.82, 2.24) is 5.32 Å². The van der Waals surface area contributed by atoms with E-state index in [1.807, 2.05) is 37.3 Å². The van der Waals surface area contributed by atoms with Crippen molar-refractivity contribution in [3.63, 3.8) is 0 Å². The average Bonchev–Trinajstić information content (AvgIpc) is 2.26. The molecule has 1 aromatic carbocycles. The number of amides is 1. The Hall–Kier alpha value is -1.55. The molecule has 94 valence electrons. The summed E-state index contributed by atoms with van der Waals surface area (Å²) in [5.41, 5.74) is 0.950. The molecule has 1 rings (SSSR count). The number of hydrogen-bond acceptors (Lipinski definition) is 3. The van der Waals surface area contributed by atoms with Crippen LogP contribution in [0.15, 0.2) is 30.3 Å². The molecule has 0 aliphatic carbocycles. The van der Waals surface area contributed by atoms with Gasteiger partial charge in [0.2, 0.25) is 0 Å². The molecule has 0 heterocycles. The summed E-state index contributed by atoms with van der Waals surface area (Å²) in [7, 11) is 0. The van der Waals surface area contributed by atoms with Gasteiger partial charge in [-0.1, -0.05) is 30.3 Å². The highest BCUT2D eigenvalue weighted by molar-refractivity contribution is 5.67. The smallest absolute Gasteiger partial charge is 0.407 e. The highest BCUT2D eigenvalue weighted by atomic mass is 16.5. The third-order valence-electron chi connectivity index (χ3n) is 2.27. The van der Waals surface area contributed by atoms with E-state index in [1.54, 1.807) is 6.92 Å². The van der Waals surface area contributed by atoms with Crippen molar-refractivity contribution < 1.29 is 14.6 Å². The summed E-state index contributed by atoms with van der Waals surface area (Å²) in [5, 5.41) is 11.8. The van der Waals surface area contributed by atoms with Gasteiger partial charge in [0.1, 0.15) is 6.61 Å². The molecule has 0 saturated carbocycles. The Morgan fingerprint density at radius 1 is 1.35 bits per heavy atom. The number of alkyl carbamates (subject to hydrolysis) is 1. The van der Waals surface area contributed by atoms with Crippen LogP contribution in [0.3, 0.4) is 0 Å². The molecule has 0 fully saturated rings. The Balaban J connectivity index is 2.26. The summed E-state index contributed by atoms with van der Waals surface area (Å²) in [6.45, 7) is 3.78. The molecule has 1 amide bonds. The summed E-state index contributed by atoms with van der Waals surface area (Å²) < 4.78 is 5.05. The van der Waals surface area contributed by atoms with E-state index in [-0.39, 0.29) is 12.6 Å². The normalized spacial score (nSPS) is 13.8. The van der Waals surface area contributed by atoms with Crippen LogP contribution in [0.1, 0.15) is 25.8 Å². The lowest BCUT2D eigenvalue weighted by Crippen LogP contribution is -2.34. The van der Waals surface area contributed by atoms with Gasteiger partial charge >= 0.3 is 6.09 Å². The molecule has 0 radical (unpaired) electrons. The first kappa shape index (κ1) is 13.5. The van der Waals surface area contributed by atoms with E-state index < -0.39 is 12.2 Å². The fourth-order valence-electron chi connectivity index (χ4n) is 1.54. The highest BCUT2D eigenvalue weighted by Gasteiger charge is 2.10. The molecular formula is C13H19NO3. The van der Waals surface area contributed by atoms with Crippen molar-refractivity contribution in [1.29, 1.82) is 0 Å². The van der Waals surface area contributed by atoms with Crippen molar-refractivity contribution >= 4 is 6.09 Å². The SMILES string of the molecule is CC(O)CC(C)NC(=O)OCc1ccccc1. The van der Waals surface area contributed by atoms with Gasteiger partial charge in [0.05, 0.1) is 6.10 Å². The van der Waals surface area contributed by atoms with Gasteiger partial charge in [-0.3, -0.25) is 0 Å². The van der Waals surface area contributed by atoms with Crippen molar-refractivity contribution in [2.45, 2.75) is 39.0 Å². The van der Waals surface area contributed by atoms with Gasteiger partial charge in [-0.15, -0.1) is 0 Å². The summed E-state index contributed by atoms with van der Waals surface area (Å²) >= 11 is 0. The van der Waals surface area contributed by atoms with E-state index in [2.05, 4.69) is 5.32 Å². The first-order chi connectivity index (χ1) is 8.08. The van der Waals surface area contributed by atoms with Gasteiger partial charge in [-0.05, 0) is 25.8 Å². The molecule has 4 heteroatoms. The molecule has 0 saturated heterocycles. The number of carbonyl (C=O) groups excluding carboxylic acids is 1. The summed E-state index contributed by atoms with van der Waals surface area (Å²) in [5.74, 6) is 0. The Bertz CT molecular complexity index is 338. The predicted octanol–water partition coefficient (Wildman–Crippen LogP) is 2.07. The quantitative estimate of drug-likeness (QED) is 0.824. The molecule has 2 atom stereocenters. The van der Waals surface area contributed by atoms with Crippen LogP contribution in [0.4, 0.5) is 4.79 Å². The minimum atomic E-state index is -0.456. The molecule has 17 heavy (non-hydrogen) atoms. The van der Waals surface area contributed by atoms with Crippen LogP contribution < -0.4 is 5.32 Å². The Morgan fingerprint density at radius 2 is 2.00 bits per heavy atom. The van der Waals surface area contributed by atoms with Crippen LogP contribution in [-0.2, 0) is 11.3 Å². The predicted molar refractivity (Wildman–Crippen MR) is 65.5 cm³/mol. The number of aliphatic hydroxyl groups is 1. The summed E-state index contributed by atoms with van der Waals surface area (Å²) in [6, 6.07) is 9.39. The van der Waals surface area contributed by atoms with Gasteiger partial charge in [-0.25, -0.2) is 4.79 Å². The van der Waals surface area contributed by atoms with Crippen molar-refractivity contribution in [3.05, 3.63) is 35.9 Å². The number of hydrogen-bond donors (Lipinski definition) is 2. The van der Waals surface area contributed by atoms with Crippen LogP contribution in [0.5, 0.6) is 0 Å². The second kappa shape index (κ2) is 6.91. The maximum atomic E-state index is 11.4. The van der Waals surface area contributed by atoms with Crippen LogP contribution in [-0.4, -0.2) is 23.3 Å². The standard InChI is InChI=1S/C13H19NO3/c1-10(8-11(2)15)14-13(16)17-9-12-6-4-3-5-7-12/h3-7,10-11,15H,8-9H2,1-2H3,(H,14,16). The molecule has 0 aliphatic heterocycles. The molecule has 1 aromatic rings. The Morgan fingerprint density at radius 3 is 2.59 bits per heavy atom. The van der Waals surface area contributed by atoms with Crippen molar-refractivity contribution in [2.75, 3.05) is 0 Å². The summed E-state index contributed by atoms with van der Waals surface area (Å²) in [6.07, 6.45) is -0.373. The number of rotatable bonds is 5. The van der Waals surface area contributed by atoms with Gasteiger partial charge in [0.25, 0.3) is 0 Å². The average molecular weight is 237 g/mol. The summed E-state index contributed by atoms with van der Waals surface area (Å²) in [4.78, 5) is 11.4. The fraction of sp³-hybridized carbons (Fsp3) is 0.462. The first-order valence-corrected chi connectivity index (χ1v) is 5.73. The zero-order valence-electron chi connectivity index (χ0n) is 10.2. The van der Waals surface area contributed by atoms with E-state index in [9.17, 15) is 4.79 Å². The minimum Gasteiger partial charge on any atom is -0.445 e. The highest BCUT2D eigenvalue weighted by Crippen LogP contribution is 2.02. The number of ether oxygens (including phenoxy) is 1. The van der Waals surface area contributed by atoms with Gasteiger partial charge in [-0.2, -0.15) is 0 Å². The monoisotopic (exact) mass is 237 g/mol. The lowest BCUT2D eigenvalue weighted by Gasteiger charge is -2.15. The second-order valence-corrected chi connectivity index (χ2v) is 4.19. The van der Waals surface area contributed by atoms with E-state index >= 15 is 0 Å². The van der Waals surface area contributed by atoms with Crippen LogP contribution >= 0.6 is 0 Å². The number of aliphatic hydroxyl groups excluding tert-OH is 1. The second-order valence-electron chi connectivity index (χ2n) is 4.19. The zero-order valence-corrected chi connectivity index (χ0v) is 10.2. The maximum absolute atomic E-state index is 11.4. The topological polar surface area (TPSA) is 58.6 Å². The Kier molecular flexibility index (Phi) is 5.49. The molecule has 2 unspecified atom stereocenters. The molecule has 0 aliphatic rings. The van der Waals surface area contributed by atoms with Crippen LogP contribution in [0.2, 0.25) is 0 Å². The van der Waals surface area contributed by atoms with Crippen molar-refractivity contribution in [3.8, 4) is 0 Å². The molecule has 0 spiro atoms. The van der Waals surface area contributed by atoms with Crippen molar-refractivity contribution in [2.24, 2.45) is 0 Å². The first-order valence-electron chi connectivity index (χ1n) is 5.73. The lowest BCUT2D eigenvalue weighted by molar-refractivity contribution is 0.128. The van der Waals surface area contributed by atoms with Crippen LogP contribution in [0.25, 0.3) is 0 Å². The van der Waals surface area contributed by atoms with E-state index in [0.717, 1.165) is 5.56 Å². The number of carbonyl (C=O) groups is 1. The lowest BCUT2D eigenvalue weighted by atomic mass is 10.2. The zero-order chi connectivity index (χ0) is 12.7. The molecule has 2 N–H and O–H groups in total. The largest absolute Gasteiger partial charge is 0.445 e. The van der Waals surface area contributed by atoms with Gasteiger partial charge < -0.3 is 15.2 Å². The molecular weight excluding hydrogens is 218 g/mol. The van der Waals surface area contributed by atoms with Gasteiger partial charge in [0, 0.05) is 6.04 Å². The molecule has 4 nitrogen and oxygen atoms in total. The molecule has 0 aromatic heterocycles. The van der Waals surface area contributed by atoms with Crippen LogP contribution in [0, 0.1) is 0 Å². The third kappa shape index (κ3) is 5.92. The van der Waals surface area contributed by atoms with E-state index in [4.69, 9.17) is 9.84 Å². The minimum absolute atomic E-state index is 0.0988. The van der Waals surface area contributed by atoms with E-state index in [1.165, 1.54) is 0 Å². The maximum Gasteiger partial charge on any atom is 0.407 e.